The van der Waals surface area contributed by atoms with Gasteiger partial charge in [-0.05, 0) is 53.9 Å². The second kappa shape index (κ2) is 10.1. The van der Waals surface area contributed by atoms with E-state index in [1.165, 1.54) is 49.5 Å². The topological polar surface area (TPSA) is 38.7 Å². The quantitative estimate of drug-likeness (QED) is 0.129. The minimum atomic E-state index is 0. The van der Waals surface area contributed by atoms with Crippen molar-refractivity contribution in [1.82, 2.24) is 15.0 Å². The Morgan fingerprint density at radius 2 is 1.23 bits per heavy atom. The first-order valence-electron chi connectivity index (χ1n) is 12.7. The van der Waals surface area contributed by atoms with E-state index in [0.29, 0.717) is 0 Å². The van der Waals surface area contributed by atoms with Gasteiger partial charge in [0.2, 0.25) is 0 Å². The maximum absolute atomic E-state index is 4.80. The van der Waals surface area contributed by atoms with Crippen LogP contribution >= 0.6 is 0 Å². The van der Waals surface area contributed by atoms with Gasteiger partial charge in [-0.2, -0.15) is 18.2 Å². The first-order valence-corrected chi connectivity index (χ1v) is 12.7. The average molecular weight is 678 g/mol. The molecule has 8 rings (SSSR count). The van der Waals surface area contributed by atoms with Crippen LogP contribution in [0.1, 0.15) is 11.1 Å². The van der Waals surface area contributed by atoms with Gasteiger partial charge in [-0.15, -0.1) is 41.5 Å². The van der Waals surface area contributed by atoms with E-state index in [2.05, 4.69) is 84.5 Å². The van der Waals surface area contributed by atoms with E-state index in [-0.39, 0.29) is 20.1 Å². The maximum Gasteiger partial charge on any atom is 0.0967 e. The van der Waals surface area contributed by atoms with Crippen LogP contribution in [0, 0.1) is 26.0 Å². The summed E-state index contributed by atoms with van der Waals surface area (Å²) < 4.78 is 0. The number of hydrogen-bond donors (Lipinski definition) is 0. The molecule has 0 unspecified atom stereocenters. The molecular formula is C35H23IrN3-2. The van der Waals surface area contributed by atoms with Crippen molar-refractivity contribution in [2.24, 2.45) is 0 Å². The van der Waals surface area contributed by atoms with Crippen LogP contribution in [0.4, 0.5) is 0 Å². The largest absolute Gasteiger partial charge is 0.323 e. The zero-order valence-corrected chi connectivity index (χ0v) is 23.9. The molecule has 1 radical (unpaired) electrons. The molecule has 0 saturated carbocycles. The molecule has 39 heavy (non-hydrogen) atoms. The van der Waals surface area contributed by atoms with Gasteiger partial charge < -0.3 is 4.98 Å². The van der Waals surface area contributed by atoms with E-state index in [1.807, 2.05) is 54.9 Å². The van der Waals surface area contributed by atoms with Gasteiger partial charge in [-0.1, -0.05) is 58.9 Å². The van der Waals surface area contributed by atoms with E-state index < -0.39 is 0 Å². The van der Waals surface area contributed by atoms with E-state index in [1.54, 1.807) is 0 Å². The number of aromatic nitrogens is 3. The van der Waals surface area contributed by atoms with Crippen LogP contribution in [-0.2, 0) is 20.1 Å². The van der Waals surface area contributed by atoms with Crippen LogP contribution in [0.3, 0.4) is 0 Å². The van der Waals surface area contributed by atoms with Crippen molar-refractivity contribution in [1.29, 1.82) is 0 Å². The molecule has 0 aliphatic heterocycles. The zero-order chi connectivity index (χ0) is 25.6. The first kappa shape index (κ1) is 25.1. The molecule has 4 aromatic carbocycles. The predicted molar refractivity (Wildman–Crippen MR) is 156 cm³/mol. The summed E-state index contributed by atoms with van der Waals surface area (Å²) in [5.74, 6) is 0. The molecule has 0 spiro atoms. The Balaban J connectivity index is 0.000000145. The molecule has 0 atom stereocenters. The van der Waals surface area contributed by atoms with Gasteiger partial charge in [-0.3, -0.25) is 9.97 Å². The van der Waals surface area contributed by atoms with Gasteiger partial charge in [0.15, 0.2) is 0 Å². The average Bonchev–Trinajstić information content (AvgIpc) is 3.29. The van der Waals surface area contributed by atoms with Crippen LogP contribution in [0.2, 0.25) is 0 Å². The third-order valence-electron chi connectivity index (χ3n) is 7.31. The summed E-state index contributed by atoms with van der Waals surface area (Å²) in [7, 11) is 0. The Hall–Kier alpha value is -4.24. The molecule has 0 fully saturated rings. The van der Waals surface area contributed by atoms with Crippen molar-refractivity contribution < 1.29 is 20.1 Å². The second-order valence-corrected chi connectivity index (χ2v) is 9.61. The maximum atomic E-state index is 4.80. The fourth-order valence-corrected chi connectivity index (χ4v) is 5.39. The predicted octanol–water partition coefficient (Wildman–Crippen LogP) is 8.55. The number of fused-ring (bicyclic) bond motifs is 6. The Morgan fingerprint density at radius 3 is 1.87 bits per heavy atom. The fraction of sp³-hybridized carbons (Fsp3) is 0.0571. The van der Waals surface area contributed by atoms with Gasteiger partial charge in [0.05, 0.1) is 11.0 Å². The summed E-state index contributed by atoms with van der Waals surface area (Å²) in [6.45, 7) is 4.21. The molecule has 189 valence electrons. The van der Waals surface area contributed by atoms with Gasteiger partial charge in [0, 0.05) is 43.3 Å². The first-order chi connectivity index (χ1) is 18.7. The summed E-state index contributed by atoms with van der Waals surface area (Å²) in [6.07, 6.45) is 3.70. The molecule has 0 bridgehead atoms. The SMILES string of the molecule is Cc1ccnc2c1ccc1c(C)ccnc12.[Ir].[c-]1ccccc1-c1cc2c3c(cc[c-]c3n1)-c1ccccc1-2. The number of pyridine rings is 3. The Bertz CT molecular complexity index is 1940. The minimum absolute atomic E-state index is 0. The molecule has 1 aliphatic rings. The van der Waals surface area contributed by atoms with E-state index in [0.717, 1.165) is 27.8 Å². The van der Waals surface area contributed by atoms with E-state index in [9.17, 15) is 0 Å². The second-order valence-electron chi connectivity index (χ2n) is 9.61. The summed E-state index contributed by atoms with van der Waals surface area (Å²) >= 11 is 0. The van der Waals surface area contributed by atoms with Crippen LogP contribution < -0.4 is 0 Å². The van der Waals surface area contributed by atoms with Crippen LogP contribution in [-0.4, -0.2) is 15.0 Å². The number of benzene rings is 4. The normalized spacial score (nSPS) is 11.1. The molecule has 3 aromatic heterocycles. The van der Waals surface area contributed by atoms with Crippen molar-refractivity contribution in [3.05, 3.63) is 127 Å². The standard InChI is InChI=1S/C21H11N.C14H12N2.Ir/c1-2-7-14(8-3-1)20-13-18-16-10-5-4-9-15(16)17-11-6-12-19(22-20)21(17)18;1-9-5-7-15-13-11(9)3-4-12-10(2)6-8-16-14(12)13;/h1-7,9-11,13H;3-8H,1-2H3;/q-2;;. The van der Waals surface area contributed by atoms with E-state index >= 15 is 0 Å². The van der Waals surface area contributed by atoms with Crippen molar-refractivity contribution in [2.75, 3.05) is 0 Å². The molecule has 0 amide bonds. The molecule has 4 heteroatoms. The third-order valence-corrected chi connectivity index (χ3v) is 7.31. The van der Waals surface area contributed by atoms with Gasteiger partial charge >= 0.3 is 0 Å². The monoisotopic (exact) mass is 678 g/mol. The van der Waals surface area contributed by atoms with Crippen LogP contribution in [0.25, 0.3) is 66.2 Å². The number of hydrogen-bond acceptors (Lipinski definition) is 3. The zero-order valence-electron chi connectivity index (χ0n) is 21.5. The Morgan fingerprint density at radius 1 is 0.590 bits per heavy atom. The molecule has 3 nitrogen and oxygen atoms in total. The van der Waals surface area contributed by atoms with Crippen molar-refractivity contribution >= 4 is 32.7 Å². The molecule has 0 saturated heterocycles. The third kappa shape index (κ3) is 4.23. The molecule has 1 aliphatic carbocycles. The molecule has 0 N–H and O–H groups in total. The number of rotatable bonds is 1. The number of aryl methyl sites for hydroxylation is 2. The molecule has 3 heterocycles. The van der Waals surface area contributed by atoms with Crippen molar-refractivity contribution in [3.8, 4) is 33.5 Å². The Kier molecular flexibility index (Phi) is 6.52. The molecular weight excluding hydrogens is 655 g/mol. The van der Waals surface area contributed by atoms with E-state index in [4.69, 9.17) is 4.98 Å². The number of nitrogens with zero attached hydrogens (tertiary/aromatic N) is 3. The summed E-state index contributed by atoms with van der Waals surface area (Å²) in [4.78, 5) is 13.7. The summed E-state index contributed by atoms with van der Waals surface area (Å²) in [5.41, 5.74) is 12.5. The minimum Gasteiger partial charge on any atom is -0.323 e. The van der Waals surface area contributed by atoms with Gasteiger partial charge in [-0.25, -0.2) is 0 Å². The summed E-state index contributed by atoms with van der Waals surface area (Å²) in [5, 5.41) is 3.59. The van der Waals surface area contributed by atoms with Crippen LogP contribution in [0.15, 0.2) is 103 Å². The van der Waals surface area contributed by atoms with Crippen LogP contribution in [0.5, 0.6) is 0 Å². The Labute approximate surface area is 241 Å². The molecule has 7 aromatic rings. The van der Waals surface area contributed by atoms with Crippen molar-refractivity contribution in [3.63, 3.8) is 0 Å². The van der Waals surface area contributed by atoms with Crippen molar-refractivity contribution in [2.45, 2.75) is 13.8 Å². The smallest absolute Gasteiger partial charge is 0.0967 e. The van der Waals surface area contributed by atoms with Gasteiger partial charge in [0.1, 0.15) is 0 Å². The fourth-order valence-electron chi connectivity index (χ4n) is 5.39. The summed E-state index contributed by atoms with van der Waals surface area (Å²) in [6, 6.07) is 37.7. The van der Waals surface area contributed by atoms with Gasteiger partial charge in [0.25, 0.3) is 0 Å².